The van der Waals surface area contributed by atoms with Crippen molar-refractivity contribution in [3.8, 4) is 0 Å². The van der Waals surface area contributed by atoms with Gasteiger partial charge in [-0.15, -0.1) is 0 Å². The van der Waals surface area contributed by atoms with Crippen molar-refractivity contribution in [2.45, 2.75) is 31.0 Å². The average Bonchev–Trinajstić information content (AvgIpc) is 3.48. The molecule has 8 radical (unpaired) electrons. The van der Waals surface area contributed by atoms with E-state index in [0.29, 0.717) is 6.61 Å². The van der Waals surface area contributed by atoms with Crippen molar-refractivity contribution in [1.29, 1.82) is 0 Å². The van der Waals surface area contributed by atoms with Gasteiger partial charge in [-0.25, -0.2) is 9.59 Å². The number of ether oxygens (including phenoxy) is 3. The van der Waals surface area contributed by atoms with Crippen LogP contribution in [0.1, 0.15) is 31.8 Å². The van der Waals surface area contributed by atoms with E-state index in [4.69, 9.17) is 45.4 Å². The Balaban J connectivity index is 2.59. The SMILES string of the molecule is [B]Cc1c([B])c(C[B])c(C(=O)OC(CS(=O)(=O)O)C(F)(F)F)c(C(=O)OCC2CO2)c1[B]. The van der Waals surface area contributed by atoms with Gasteiger partial charge in [0.25, 0.3) is 10.1 Å². The molecule has 0 aromatic heterocycles. The van der Waals surface area contributed by atoms with Crippen LogP contribution in [0.3, 0.4) is 0 Å². The number of hydrogen-bond acceptors (Lipinski definition) is 7. The zero-order chi connectivity index (χ0) is 24.4. The molecule has 2 atom stereocenters. The Morgan fingerprint density at radius 3 is 2.09 bits per heavy atom. The first-order chi connectivity index (χ1) is 14.7. The van der Waals surface area contributed by atoms with Gasteiger partial charge in [0.15, 0.2) is 0 Å². The third-order valence-electron chi connectivity index (χ3n) is 4.39. The average molecular weight is 466 g/mol. The highest BCUT2D eigenvalue weighted by Gasteiger charge is 2.46. The van der Waals surface area contributed by atoms with Crippen LogP contribution in [0.2, 0.25) is 0 Å². The van der Waals surface area contributed by atoms with Gasteiger partial charge in [0.05, 0.1) is 33.4 Å². The molecule has 16 heteroatoms. The molecule has 0 saturated carbocycles. The van der Waals surface area contributed by atoms with Gasteiger partial charge in [-0.2, -0.15) is 21.6 Å². The molecule has 0 spiro atoms. The van der Waals surface area contributed by atoms with E-state index in [2.05, 4.69) is 4.74 Å². The van der Waals surface area contributed by atoms with Crippen molar-refractivity contribution in [2.24, 2.45) is 0 Å². The fourth-order valence-electron chi connectivity index (χ4n) is 2.75. The van der Waals surface area contributed by atoms with Gasteiger partial charge < -0.3 is 14.2 Å². The molecule has 0 aliphatic carbocycles. The van der Waals surface area contributed by atoms with Crippen LogP contribution < -0.4 is 10.9 Å². The molecule has 0 amide bonds. The maximum Gasteiger partial charge on any atom is 0.426 e. The van der Waals surface area contributed by atoms with Gasteiger partial charge in [-0.05, 0) is 5.56 Å². The first kappa shape index (κ1) is 26.3. The number of hydrogen-bond donors (Lipinski definition) is 1. The molecule has 1 saturated heterocycles. The number of esters is 2. The maximum absolute atomic E-state index is 13.2. The van der Waals surface area contributed by atoms with Crippen LogP contribution in [-0.4, -0.2) is 93.6 Å². The second kappa shape index (κ2) is 9.92. The highest BCUT2D eigenvalue weighted by atomic mass is 32.2. The first-order valence-electron chi connectivity index (χ1n) is 8.85. The molecule has 1 aromatic carbocycles. The summed E-state index contributed by atoms with van der Waals surface area (Å²) in [6.07, 6.45) is -9.91. The van der Waals surface area contributed by atoms with Gasteiger partial charge in [0.2, 0.25) is 6.10 Å². The molecule has 8 nitrogen and oxygen atoms in total. The third-order valence-corrected chi connectivity index (χ3v) is 5.12. The lowest BCUT2D eigenvalue weighted by Crippen LogP contribution is -2.42. The minimum atomic E-state index is -5.38. The molecule has 1 aromatic rings. The fraction of sp³-hybridized carbons (Fsp3) is 0.500. The minimum Gasteiger partial charge on any atom is -0.459 e. The molecule has 1 aliphatic heterocycles. The molecular formula is C16H13B4F3O8S. The Kier molecular flexibility index (Phi) is 8.16. The van der Waals surface area contributed by atoms with Crippen LogP contribution in [0.5, 0.6) is 0 Å². The Labute approximate surface area is 186 Å². The summed E-state index contributed by atoms with van der Waals surface area (Å²) in [5.41, 5.74) is -2.58. The Hall–Kier alpha value is -1.92. The van der Waals surface area contributed by atoms with E-state index >= 15 is 0 Å². The van der Waals surface area contributed by atoms with Crippen molar-refractivity contribution in [1.82, 2.24) is 0 Å². The number of benzene rings is 1. The van der Waals surface area contributed by atoms with E-state index in [0.717, 1.165) is 0 Å². The van der Waals surface area contributed by atoms with Crippen molar-refractivity contribution < 1.29 is 49.9 Å². The Morgan fingerprint density at radius 1 is 1.09 bits per heavy atom. The lowest BCUT2D eigenvalue weighted by Gasteiger charge is -2.25. The van der Waals surface area contributed by atoms with E-state index in [1.807, 2.05) is 0 Å². The summed E-state index contributed by atoms with van der Waals surface area (Å²) in [6.45, 7) is 0.0748. The van der Waals surface area contributed by atoms with Gasteiger partial charge in [-0.1, -0.05) is 29.1 Å². The largest absolute Gasteiger partial charge is 0.459 e. The van der Waals surface area contributed by atoms with Crippen LogP contribution in [0, 0.1) is 0 Å². The zero-order valence-corrected chi connectivity index (χ0v) is 17.2. The van der Waals surface area contributed by atoms with Gasteiger partial charge >= 0.3 is 18.1 Å². The van der Waals surface area contributed by atoms with Crippen LogP contribution in [0.25, 0.3) is 0 Å². The molecular weight excluding hydrogens is 452 g/mol. The number of halogens is 3. The maximum atomic E-state index is 13.2. The second-order valence-electron chi connectivity index (χ2n) is 6.68. The number of rotatable bonds is 9. The van der Waals surface area contributed by atoms with Crippen molar-refractivity contribution in [3.63, 3.8) is 0 Å². The predicted molar refractivity (Wildman–Crippen MR) is 108 cm³/mol. The summed E-state index contributed by atoms with van der Waals surface area (Å²) in [4.78, 5) is 25.4. The lowest BCUT2D eigenvalue weighted by atomic mass is 9.68. The molecule has 2 rings (SSSR count). The number of carbonyl (C=O) groups excluding carboxylic acids is 2. The number of epoxide rings is 1. The monoisotopic (exact) mass is 466 g/mol. The fourth-order valence-corrected chi connectivity index (χ4v) is 3.39. The molecule has 164 valence electrons. The third kappa shape index (κ3) is 6.32. The molecule has 2 unspecified atom stereocenters. The molecule has 0 bridgehead atoms. The summed E-state index contributed by atoms with van der Waals surface area (Å²) >= 11 is 0. The van der Waals surface area contributed by atoms with E-state index < -0.39 is 69.1 Å². The van der Waals surface area contributed by atoms with Crippen molar-refractivity contribution in [3.05, 3.63) is 22.3 Å². The van der Waals surface area contributed by atoms with Crippen LogP contribution in [0.4, 0.5) is 13.2 Å². The first-order valence-corrected chi connectivity index (χ1v) is 10.5. The smallest absolute Gasteiger partial charge is 0.426 e. The number of alkyl halides is 3. The highest BCUT2D eigenvalue weighted by molar-refractivity contribution is 7.85. The summed E-state index contributed by atoms with van der Waals surface area (Å²) in [5, 5.41) is 0. The van der Waals surface area contributed by atoms with Crippen molar-refractivity contribution in [2.75, 3.05) is 19.0 Å². The van der Waals surface area contributed by atoms with Crippen molar-refractivity contribution >= 4 is 64.4 Å². The second-order valence-corrected chi connectivity index (χ2v) is 8.18. The van der Waals surface area contributed by atoms with E-state index in [1.54, 1.807) is 0 Å². The van der Waals surface area contributed by atoms with Gasteiger partial charge in [-0.3, -0.25) is 4.55 Å². The molecule has 32 heavy (non-hydrogen) atoms. The van der Waals surface area contributed by atoms with Gasteiger partial charge in [0, 0.05) is 0 Å². The molecule has 1 fully saturated rings. The topological polar surface area (TPSA) is 120 Å². The summed E-state index contributed by atoms with van der Waals surface area (Å²) in [7, 11) is 17.7. The Bertz CT molecular complexity index is 1010. The van der Waals surface area contributed by atoms with Gasteiger partial charge in [0.1, 0.15) is 34.2 Å². The molecule has 1 N–H and O–H groups in total. The number of carbonyl (C=O) groups is 2. The molecule has 1 heterocycles. The summed E-state index contributed by atoms with van der Waals surface area (Å²) < 4.78 is 84.5. The van der Waals surface area contributed by atoms with E-state index in [1.165, 1.54) is 0 Å². The molecule has 1 aliphatic rings. The van der Waals surface area contributed by atoms with Crippen LogP contribution in [-0.2, 0) is 37.0 Å². The quantitative estimate of drug-likeness (QED) is 0.195. The normalized spacial score (nSPS) is 16.9. The Morgan fingerprint density at radius 2 is 1.66 bits per heavy atom. The van der Waals surface area contributed by atoms with Crippen LogP contribution >= 0.6 is 0 Å². The lowest BCUT2D eigenvalue weighted by molar-refractivity contribution is -0.197. The minimum absolute atomic E-state index is 0.0121. The zero-order valence-electron chi connectivity index (χ0n) is 16.3. The van der Waals surface area contributed by atoms with E-state index in [9.17, 15) is 31.2 Å². The highest BCUT2D eigenvalue weighted by Crippen LogP contribution is 2.27. The van der Waals surface area contributed by atoms with E-state index in [-0.39, 0.29) is 29.5 Å². The predicted octanol–water partition coefficient (Wildman–Crippen LogP) is -1.86. The summed E-state index contributed by atoms with van der Waals surface area (Å²) in [5.74, 6) is -5.01. The van der Waals surface area contributed by atoms with Crippen LogP contribution in [0.15, 0.2) is 0 Å². The summed E-state index contributed by atoms with van der Waals surface area (Å²) in [6, 6.07) is 0. The standard InChI is InChI=1S/C16H13B4F3O8S/c17-1-7-10(15(25)31-9(16(21,22)23)5-32(26,27)28)11(13(20)8(2-18)12(7)19)14(24)30-4-6-3-29-6/h6,9H,1-5H2,(H,26,27,28).